The number of pyridine rings is 1. The number of anilines is 2. The average molecular weight is 216 g/mol. The quantitative estimate of drug-likeness (QED) is 0.778. The van der Waals surface area contributed by atoms with Crippen LogP contribution in [0.4, 0.5) is 15.9 Å². The monoisotopic (exact) mass is 215 g/mol. The van der Waals surface area contributed by atoms with Gasteiger partial charge in [-0.1, -0.05) is 11.6 Å². The second kappa shape index (κ2) is 3.61. The molecule has 0 spiro atoms. The molecule has 1 aromatic heterocycles. The molecule has 2 N–H and O–H groups in total. The molecule has 0 radical (unpaired) electrons. The molecule has 2 rings (SSSR count). The standard InChI is InChI=1S/C9H11ClFN3/c10-7-4-13-9(3-8(7)12)14-2-1-6(11)5-14/h3-4,6H,1-2,5H2,(H2,12,13)/t6-/m0/s1. The Morgan fingerprint density at radius 3 is 3.00 bits per heavy atom. The van der Waals surface area contributed by atoms with Crippen LogP contribution in [-0.2, 0) is 0 Å². The first-order chi connectivity index (χ1) is 6.66. The molecule has 2 heterocycles. The Hall–Kier alpha value is -1.03. The van der Waals surface area contributed by atoms with Crippen LogP contribution in [0.15, 0.2) is 12.3 Å². The van der Waals surface area contributed by atoms with Gasteiger partial charge in [0.05, 0.1) is 17.3 Å². The maximum absolute atomic E-state index is 12.9. The van der Waals surface area contributed by atoms with Crippen LogP contribution < -0.4 is 10.6 Å². The lowest BCUT2D eigenvalue weighted by atomic mass is 10.3. The summed E-state index contributed by atoms with van der Waals surface area (Å²) in [6.07, 6.45) is 1.30. The summed E-state index contributed by atoms with van der Waals surface area (Å²) in [5, 5.41) is 0.435. The maximum Gasteiger partial charge on any atom is 0.130 e. The number of halogens is 2. The molecule has 1 fully saturated rings. The van der Waals surface area contributed by atoms with E-state index in [2.05, 4.69) is 4.98 Å². The van der Waals surface area contributed by atoms with E-state index >= 15 is 0 Å². The highest BCUT2D eigenvalue weighted by Crippen LogP contribution is 2.25. The van der Waals surface area contributed by atoms with E-state index in [9.17, 15) is 4.39 Å². The number of nitrogen functional groups attached to an aromatic ring is 1. The minimum atomic E-state index is -0.756. The molecular formula is C9H11ClFN3. The van der Waals surface area contributed by atoms with Gasteiger partial charge in [0.2, 0.25) is 0 Å². The van der Waals surface area contributed by atoms with Crippen LogP contribution in [0, 0.1) is 0 Å². The van der Waals surface area contributed by atoms with Crippen molar-refractivity contribution in [3.63, 3.8) is 0 Å². The molecule has 1 aliphatic rings. The first-order valence-corrected chi connectivity index (χ1v) is 4.84. The van der Waals surface area contributed by atoms with E-state index in [4.69, 9.17) is 17.3 Å². The van der Waals surface area contributed by atoms with Crippen molar-refractivity contribution in [2.45, 2.75) is 12.6 Å². The molecule has 5 heteroatoms. The molecule has 3 nitrogen and oxygen atoms in total. The van der Waals surface area contributed by atoms with Gasteiger partial charge in [-0.3, -0.25) is 0 Å². The average Bonchev–Trinajstić information content (AvgIpc) is 2.57. The lowest BCUT2D eigenvalue weighted by Gasteiger charge is -2.16. The molecule has 0 aliphatic carbocycles. The molecule has 0 bridgehead atoms. The van der Waals surface area contributed by atoms with E-state index in [1.54, 1.807) is 6.07 Å². The molecular weight excluding hydrogens is 205 g/mol. The van der Waals surface area contributed by atoms with E-state index in [-0.39, 0.29) is 0 Å². The Kier molecular flexibility index (Phi) is 2.46. The number of hydrogen-bond donors (Lipinski definition) is 1. The second-order valence-corrected chi connectivity index (χ2v) is 3.80. The van der Waals surface area contributed by atoms with Crippen molar-refractivity contribution in [2.75, 3.05) is 23.7 Å². The number of nitrogens with zero attached hydrogens (tertiary/aromatic N) is 2. The largest absolute Gasteiger partial charge is 0.397 e. The zero-order valence-corrected chi connectivity index (χ0v) is 8.34. The van der Waals surface area contributed by atoms with E-state index in [0.29, 0.717) is 36.0 Å². The van der Waals surface area contributed by atoms with Gasteiger partial charge in [-0.15, -0.1) is 0 Å². The molecule has 1 aliphatic heterocycles. The van der Waals surface area contributed by atoms with Gasteiger partial charge in [0.25, 0.3) is 0 Å². The summed E-state index contributed by atoms with van der Waals surface area (Å²) in [7, 11) is 0. The molecule has 0 unspecified atom stereocenters. The van der Waals surface area contributed by atoms with E-state index in [1.165, 1.54) is 6.20 Å². The van der Waals surface area contributed by atoms with Crippen LogP contribution in [0.5, 0.6) is 0 Å². The van der Waals surface area contributed by atoms with Crippen molar-refractivity contribution in [1.82, 2.24) is 4.98 Å². The Labute approximate surface area is 86.7 Å². The SMILES string of the molecule is Nc1cc(N2CC[C@H](F)C2)ncc1Cl. The third kappa shape index (κ3) is 1.75. The minimum Gasteiger partial charge on any atom is -0.397 e. The van der Waals surface area contributed by atoms with Gasteiger partial charge in [-0.2, -0.15) is 0 Å². The Morgan fingerprint density at radius 1 is 1.64 bits per heavy atom. The van der Waals surface area contributed by atoms with Crippen molar-refractivity contribution in [2.24, 2.45) is 0 Å². The first-order valence-electron chi connectivity index (χ1n) is 4.47. The summed E-state index contributed by atoms with van der Waals surface area (Å²) in [5.74, 6) is 0.701. The summed E-state index contributed by atoms with van der Waals surface area (Å²) in [5.41, 5.74) is 6.12. The van der Waals surface area contributed by atoms with Crippen LogP contribution in [0.3, 0.4) is 0 Å². The number of hydrogen-bond acceptors (Lipinski definition) is 3. The molecule has 76 valence electrons. The minimum absolute atomic E-state index is 0.397. The van der Waals surface area contributed by atoms with Gasteiger partial charge in [0, 0.05) is 18.8 Å². The number of alkyl halides is 1. The molecule has 14 heavy (non-hydrogen) atoms. The van der Waals surface area contributed by atoms with Gasteiger partial charge in [-0.05, 0) is 6.42 Å². The summed E-state index contributed by atoms with van der Waals surface area (Å²) in [6.45, 7) is 1.09. The predicted octanol–water partition coefficient (Wildman–Crippen LogP) is 1.87. The highest BCUT2D eigenvalue weighted by Gasteiger charge is 2.22. The summed E-state index contributed by atoms with van der Waals surface area (Å²) >= 11 is 5.74. The van der Waals surface area contributed by atoms with Gasteiger partial charge < -0.3 is 10.6 Å². The number of aromatic nitrogens is 1. The molecule has 1 aromatic rings. The molecule has 0 aromatic carbocycles. The van der Waals surface area contributed by atoms with Crippen LogP contribution in [0.1, 0.15) is 6.42 Å². The normalized spacial score (nSPS) is 21.6. The van der Waals surface area contributed by atoms with E-state index in [1.807, 2.05) is 4.90 Å². The first kappa shape index (κ1) is 9.52. The topological polar surface area (TPSA) is 42.1 Å². The third-order valence-corrected chi connectivity index (χ3v) is 2.64. The smallest absolute Gasteiger partial charge is 0.130 e. The van der Waals surface area contributed by atoms with Crippen molar-refractivity contribution >= 4 is 23.1 Å². The zero-order valence-electron chi connectivity index (χ0n) is 7.58. The molecule has 1 saturated heterocycles. The van der Waals surface area contributed by atoms with E-state index < -0.39 is 6.17 Å². The summed E-state index contributed by atoms with van der Waals surface area (Å²) < 4.78 is 12.9. The molecule has 0 saturated carbocycles. The fourth-order valence-corrected chi connectivity index (χ4v) is 1.64. The Bertz CT molecular complexity index is 345. The zero-order chi connectivity index (χ0) is 10.1. The lowest BCUT2D eigenvalue weighted by molar-refractivity contribution is 0.364. The summed E-state index contributed by atoms with van der Waals surface area (Å²) in [6, 6.07) is 1.68. The van der Waals surface area contributed by atoms with Crippen LogP contribution in [-0.4, -0.2) is 24.2 Å². The summed E-state index contributed by atoms with van der Waals surface area (Å²) in [4.78, 5) is 5.98. The number of nitrogens with two attached hydrogens (primary N) is 1. The highest BCUT2D eigenvalue weighted by molar-refractivity contribution is 6.32. The van der Waals surface area contributed by atoms with Crippen LogP contribution in [0.2, 0.25) is 5.02 Å². The Morgan fingerprint density at radius 2 is 2.43 bits per heavy atom. The van der Waals surface area contributed by atoms with E-state index in [0.717, 1.165) is 0 Å². The van der Waals surface area contributed by atoms with Crippen molar-refractivity contribution in [1.29, 1.82) is 0 Å². The van der Waals surface area contributed by atoms with Crippen LogP contribution >= 0.6 is 11.6 Å². The fraction of sp³-hybridized carbons (Fsp3) is 0.444. The van der Waals surface area contributed by atoms with Gasteiger partial charge in [0.1, 0.15) is 12.0 Å². The maximum atomic E-state index is 12.9. The Balaban J connectivity index is 2.20. The van der Waals surface area contributed by atoms with Crippen LogP contribution in [0.25, 0.3) is 0 Å². The van der Waals surface area contributed by atoms with Gasteiger partial charge >= 0.3 is 0 Å². The van der Waals surface area contributed by atoms with Crippen molar-refractivity contribution in [3.8, 4) is 0 Å². The second-order valence-electron chi connectivity index (χ2n) is 3.40. The highest BCUT2D eigenvalue weighted by atomic mass is 35.5. The third-order valence-electron chi connectivity index (χ3n) is 2.33. The van der Waals surface area contributed by atoms with Crippen molar-refractivity contribution < 1.29 is 4.39 Å². The van der Waals surface area contributed by atoms with Crippen molar-refractivity contribution in [3.05, 3.63) is 17.3 Å². The molecule has 1 atom stereocenters. The fourth-order valence-electron chi connectivity index (χ4n) is 1.54. The number of rotatable bonds is 1. The molecule has 0 amide bonds. The van der Waals surface area contributed by atoms with Gasteiger partial charge in [0.15, 0.2) is 0 Å². The predicted molar refractivity (Wildman–Crippen MR) is 55.4 cm³/mol. The van der Waals surface area contributed by atoms with Gasteiger partial charge in [-0.25, -0.2) is 9.37 Å². The lowest BCUT2D eigenvalue weighted by Crippen LogP contribution is -2.21.